The van der Waals surface area contributed by atoms with Gasteiger partial charge >= 0.3 is 0 Å². The number of rotatable bonds is 2. The summed E-state index contributed by atoms with van der Waals surface area (Å²) >= 11 is 0. The Hall–Kier alpha value is -1.22. The molecule has 0 bridgehead atoms. The topological polar surface area (TPSA) is 44.5 Å². The van der Waals surface area contributed by atoms with E-state index in [9.17, 15) is 0 Å². The summed E-state index contributed by atoms with van der Waals surface area (Å²) in [7, 11) is 3.35. The lowest BCUT2D eigenvalue weighted by atomic mass is 9.77. The van der Waals surface area contributed by atoms with Gasteiger partial charge in [-0.05, 0) is 54.4 Å². The van der Waals surface area contributed by atoms with Crippen molar-refractivity contribution in [1.82, 2.24) is 0 Å². The van der Waals surface area contributed by atoms with Gasteiger partial charge in [-0.2, -0.15) is 0 Å². The molecule has 1 spiro atoms. The second-order valence-corrected chi connectivity index (χ2v) is 5.25. The Kier molecular flexibility index (Phi) is 2.33. The van der Waals surface area contributed by atoms with E-state index in [1.807, 2.05) is 0 Å². The normalized spacial score (nSPS) is 24.3. The largest absolute Gasteiger partial charge is 0.493 e. The van der Waals surface area contributed by atoms with Crippen LogP contribution in [0.2, 0.25) is 0 Å². The van der Waals surface area contributed by atoms with Crippen LogP contribution in [0.3, 0.4) is 0 Å². The van der Waals surface area contributed by atoms with Gasteiger partial charge in [-0.3, -0.25) is 0 Å². The zero-order chi connectivity index (χ0) is 12.0. The molecule has 2 aliphatic rings. The molecule has 1 aromatic carbocycles. The Labute approximate surface area is 102 Å². The number of ether oxygens (including phenoxy) is 2. The van der Waals surface area contributed by atoms with E-state index >= 15 is 0 Å². The van der Waals surface area contributed by atoms with Crippen LogP contribution in [0.15, 0.2) is 12.1 Å². The molecule has 1 saturated carbocycles. The summed E-state index contributed by atoms with van der Waals surface area (Å²) in [5.41, 5.74) is 9.38. The fourth-order valence-corrected chi connectivity index (χ4v) is 3.03. The standard InChI is InChI=1S/C14H19NO2/c1-16-11-7-9-3-4-14(5-6-14)13(15)10(9)8-12(11)17-2/h7-8,13H,3-6,15H2,1-2H3. The number of aryl methyl sites for hydroxylation is 1. The fourth-order valence-electron chi connectivity index (χ4n) is 3.03. The van der Waals surface area contributed by atoms with Crippen molar-refractivity contribution in [3.8, 4) is 11.5 Å². The van der Waals surface area contributed by atoms with Gasteiger partial charge in [-0.1, -0.05) is 0 Å². The van der Waals surface area contributed by atoms with Gasteiger partial charge in [0.15, 0.2) is 11.5 Å². The number of hydrogen-bond acceptors (Lipinski definition) is 3. The Morgan fingerprint density at radius 1 is 1.12 bits per heavy atom. The zero-order valence-electron chi connectivity index (χ0n) is 10.5. The molecular formula is C14H19NO2. The van der Waals surface area contributed by atoms with Crippen molar-refractivity contribution in [3.63, 3.8) is 0 Å². The highest BCUT2D eigenvalue weighted by Crippen LogP contribution is 2.60. The molecule has 17 heavy (non-hydrogen) atoms. The summed E-state index contributed by atoms with van der Waals surface area (Å²) in [5.74, 6) is 1.60. The summed E-state index contributed by atoms with van der Waals surface area (Å²) in [4.78, 5) is 0. The molecule has 1 atom stereocenters. The third kappa shape index (κ3) is 1.53. The van der Waals surface area contributed by atoms with Gasteiger partial charge in [-0.25, -0.2) is 0 Å². The molecule has 3 nitrogen and oxygen atoms in total. The summed E-state index contributed by atoms with van der Waals surface area (Å²) < 4.78 is 10.7. The first-order valence-corrected chi connectivity index (χ1v) is 6.20. The van der Waals surface area contributed by atoms with Gasteiger partial charge in [0.2, 0.25) is 0 Å². The predicted molar refractivity (Wildman–Crippen MR) is 66.5 cm³/mol. The van der Waals surface area contributed by atoms with E-state index < -0.39 is 0 Å². The molecule has 0 amide bonds. The lowest BCUT2D eigenvalue weighted by molar-refractivity contribution is 0.336. The van der Waals surface area contributed by atoms with Crippen molar-refractivity contribution in [2.45, 2.75) is 31.7 Å². The van der Waals surface area contributed by atoms with Crippen molar-refractivity contribution in [1.29, 1.82) is 0 Å². The smallest absolute Gasteiger partial charge is 0.161 e. The van der Waals surface area contributed by atoms with Crippen LogP contribution in [-0.2, 0) is 6.42 Å². The minimum atomic E-state index is 0.172. The van der Waals surface area contributed by atoms with Gasteiger partial charge in [-0.15, -0.1) is 0 Å². The predicted octanol–water partition coefficient (Wildman–Crippen LogP) is 2.43. The van der Waals surface area contributed by atoms with Crippen molar-refractivity contribution in [3.05, 3.63) is 23.3 Å². The SMILES string of the molecule is COc1cc2c(cc1OC)C(N)C1(CC2)CC1. The Bertz CT molecular complexity index is 452. The molecule has 0 heterocycles. The molecule has 2 N–H and O–H groups in total. The van der Waals surface area contributed by atoms with Crippen LogP contribution in [0.5, 0.6) is 11.5 Å². The number of benzene rings is 1. The first kappa shape index (κ1) is 10.9. The van der Waals surface area contributed by atoms with Crippen LogP contribution < -0.4 is 15.2 Å². The molecule has 92 valence electrons. The quantitative estimate of drug-likeness (QED) is 0.853. The maximum absolute atomic E-state index is 6.41. The zero-order valence-corrected chi connectivity index (χ0v) is 10.5. The highest BCUT2D eigenvalue weighted by atomic mass is 16.5. The second kappa shape index (κ2) is 3.64. The van der Waals surface area contributed by atoms with E-state index in [-0.39, 0.29) is 6.04 Å². The average Bonchev–Trinajstić information content (AvgIpc) is 3.14. The van der Waals surface area contributed by atoms with E-state index in [2.05, 4.69) is 12.1 Å². The molecule has 1 unspecified atom stereocenters. The van der Waals surface area contributed by atoms with Crippen molar-refractivity contribution >= 4 is 0 Å². The minimum absolute atomic E-state index is 0.172. The third-order valence-corrected chi connectivity index (χ3v) is 4.42. The first-order valence-electron chi connectivity index (χ1n) is 6.20. The molecule has 1 fully saturated rings. The summed E-state index contributed by atoms with van der Waals surface area (Å²) in [6.45, 7) is 0. The van der Waals surface area contributed by atoms with E-state index in [1.54, 1.807) is 14.2 Å². The van der Waals surface area contributed by atoms with Gasteiger partial charge in [0.1, 0.15) is 0 Å². The Morgan fingerprint density at radius 2 is 1.76 bits per heavy atom. The van der Waals surface area contributed by atoms with Crippen molar-refractivity contribution in [2.75, 3.05) is 14.2 Å². The number of fused-ring (bicyclic) bond motifs is 1. The molecule has 1 aromatic rings. The van der Waals surface area contributed by atoms with Crippen LogP contribution in [-0.4, -0.2) is 14.2 Å². The minimum Gasteiger partial charge on any atom is -0.493 e. The number of hydrogen-bond donors (Lipinski definition) is 1. The molecular weight excluding hydrogens is 214 g/mol. The number of methoxy groups -OCH3 is 2. The maximum Gasteiger partial charge on any atom is 0.161 e. The van der Waals surface area contributed by atoms with Gasteiger partial charge in [0.05, 0.1) is 14.2 Å². The molecule has 3 rings (SSSR count). The fraction of sp³-hybridized carbons (Fsp3) is 0.571. The van der Waals surface area contributed by atoms with Gasteiger partial charge < -0.3 is 15.2 Å². The van der Waals surface area contributed by atoms with E-state index in [1.165, 1.54) is 30.4 Å². The molecule has 0 aliphatic heterocycles. The summed E-state index contributed by atoms with van der Waals surface area (Å²) in [6, 6.07) is 4.33. The van der Waals surface area contributed by atoms with Crippen molar-refractivity contribution < 1.29 is 9.47 Å². The Morgan fingerprint density at radius 3 is 2.35 bits per heavy atom. The van der Waals surface area contributed by atoms with Crippen LogP contribution in [0, 0.1) is 5.41 Å². The highest BCUT2D eigenvalue weighted by Gasteiger charge is 2.50. The van der Waals surface area contributed by atoms with Crippen LogP contribution in [0.1, 0.15) is 36.4 Å². The molecule has 0 aromatic heterocycles. The monoisotopic (exact) mass is 233 g/mol. The van der Waals surface area contributed by atoms with Crippen molar-refractivity contribution in [2.24, 2.45) is 11.1 Å². The Balaban J connectivity index is 2.06. The average molecular weight is 233 g/mol. The molecule has 3 heteroatoms. The molecule has 0 saturated heterocycles. The first-order chi connectivity index (χ1) is 8.20. The van der Waals surface area contributed by atoms with E-state index in [0.29, 0.717) is 5.41 Å². The number of nitrogens with two attached hydrogens (primary N) is 1. The maximum atomic E-state index is 6.41. The second-order valence-electron chi connectivity index (χ2n) is 5.25. The van der Waals surface area contributed by atoms with Crippen LogP contribution >= 0.6 is 0 Å². The van der Waals surface area contributed by atoms with Crippen LogP contribution in [0.4, 0.5) is 0 Å². The summed E-state index contributed by atoms with van der Waals surface area (Å²) in [5, 5.41) is 0. The lowest BCUT2D eigenvalue weighted by Crippen LogP contribution is -2.28. The van der Waals surface area contributed by atoms with Gasteiger partial charge in [0, 0.05) is 6.04 Å². The molecule has 0 radical (unpaired) electrons. The van der Waals surface area contributed by atoms with E-state index in [4.69, 9.17) is 15.2 Å². The van der Waals surface area contributed by atoms with Gasteiger partial charge in [0.25, 0.3) is 0 Å². The highest BCUT2D eigenvalue weighted by molar-refractivity contribution is 5.50. The van der Waals surface area contributed by atoms with E-state index in [0.717, 1.165) is 17.9 Å². The summed E-state index contributed by atoms with van der Waals surface area (Å²) in [6.07, 6.45) is 4.89. The molecule has 2 aliphatic carbocycles. The third-order valence-electron chi connectivity index (χ3n) is 4.42. The van der Waals surface area contributed by atoms with Crippen LogP contribution in [0.25, 0.3) is 0 Å². The lowest BCUT2D eigenvalue weighted by Gasteiger charge is -2.31.